The van der Waals surface area contributed by atoms with Crippen LogP contribution in [-0.2, 0) is 9.36 Å². The molecule has 0 aromatic heterocycles. The first kappa shape index (κ1) is 15.1. The van der Waals surface area contributed by atoms with Crippen molar-refractivity contribution in [2.45, 2.75) is 13.0 Å². The first-order valence-electron chi connectivity index (χ1n) is 2.78. The van der Waals surface area contributed by atoms with E-state index in [2.05, 4.69) is 0 Å². The van der Waals surface area contributed by atoms with Crippen LogP contribution < -0.4 is 0 Å². The fourth-order valence-corrected chi connectivity index (χ4v) is 0.936. The predicted molar refractivity (Wildman–Crippen MR) is 44.1 cm³/mol. The third-order valence-corrected chi connectivity index (χ3v) is 2.50. The number of carboxylic acids is 1. The van der Waals surface area contributed by atoms with Crippen molar-refractivity contribution in [2.24, 2.45) is 0 Å². The van der Waals surface area contributed by atoms with Crippen LogP contribution in [0.15, 0.2) is 0 Å². The van der Waals surface area contributed by atoms with Crippen molar-refractivity contribution >= 4 is 43.3 Å². The van der Waals surface area contributed by atoms with E-state index in [0.29, 0.717) is 4.67 Å². The monoisotopic (exact) mass is 207 g/mol. The van der Waals surface area contributed by atoms with Crippen LogP contribution in [0.2, 0.25) is 0 Å². The number of hydrogen-bond acceptors (Lipinski definition) is 2. The van der Waals surface area contributed by atoms with Crippen molar-refractivity contribution in [3.05, 3.63) is 0 Å². The molecule has 0 saturated heterocycles. The Labute approximate surface area is 92.1 Å². The number of aliphatic carboxylic acids is 1. The molecule has 6 nitrogen and oxygen atoms in total. The third kappa shape index (κ3) is 4.57. The molecule has 12 heavy (non-hydrogen) atoms. The molecule has 0 heterocycles. The summed E-state index contributed by atoms with van der Waals surface area (Å²) in [5.74, 6) is -1.27. The van der Waals surface area contributed by atoms with Crippen LogP contribution in [0.3, 0.4) is 0 Å². The van der Waals surface area contributed by atoms with E-state index in [1.807, 2.05) is 0 Å². The van der Waals surface area contributed by atoms with E-state index in [-0.39, 0.29) is 29.6 Å². The van der Waals surface area contributed by atoms with E-state index < -0.39 is 19.8 Å². The van der Waals surface area contributed by atoms with E-state index in [1.165, 1.54) is 6.92 Å². The first-order chi connectivity index (χ1) is 4.76. The van der Waals surface area contributed by atoms with Crippen molar-refractivity contribution in [3.8, 4) is 0 Å². The summed E-state index contributed by atoms with van der Waals surface area (Å²) in [4.78, 5) is 27.2. The molecule has 0 fully saturated rings. The molecule has 0 aliphatic heterocycles. The van der Waals surface area contributed by atoms with Gasteiger partial charge in [-0.25, -0.2) is 4.57 Å². The van der Waals surface area contributed by atoms with E-state index >= 15 is 0 Å². The van der Waals surface area contributed by atoms with Gasteiger partial charge in [0.15, 0.2) is 0 Å². The molecule has 0 aliphatic rings. The minimum atomic E-state index is -4.41. The molecule has 8 heteroatoms. The molecule has 0 rings (SSSR count). The molecule has 0 saturated carbocycles. The average molecular weight is 207 g/mol. The Kier molecular flexibility index (Phi) is 6.71. The maximum atomic E-state index is 10.4. The molecular weight excluding hydrogens is 196 g/mol. The Bertz CT molecular complexity index is 204. The summed E-state index contributed by atoms with van der Waals surface area (Å²) in [6.45, 7) is 1.20. The summed E-state index contributed by atoms with van der Waals surface area (Å²) in [7, 11) is -3.36. The summed E-state index contributed by atoms with van der Waals surface area (Å²) in [5.41, 5.74) is 0. The first-order valence-corrected chi connectivity index (χ1v) is 4.35. The molecule has 1 unspecified atom stereocenters. The van der Waals surface area contributed by atoms with Crippen LogP contribution in [0.4, 0.5) is 0 Å². The Morgan fingerprint density at radius 1 is 1.50 bits per heavy atom. The van der Waals surface area contributed by atoms with Gasteiger partial charge in [0.1, 0.15) is 6.04 Å². The molecule has 1 atom stereocenters. The van der Waals surface area contributed by atoms with Gasteiger partial charge in [-0.15, -0.1) is 0 Å². The van der Waals surface area contributed by atoms with E-state index in [4.69, 9.17) is 14.9 Å². The summed E-state index contributed by atoms with van der Waals surface area (Å²) >= 11 is 0. The van der Waals surface area contributed by atoms with Crippen molar-refractivity contribution in [3.63, 3.8) is 0 Å². The van der Waals surface area contributed by atoms with Crippen LogP contribution in [0, 0.1) is 0 Å². The van der Waals surface area contributed by atoms with Crippen LogP contribution in [-0.4, -0.2) is 68.2 Å². The number of nitrogens with zero attached hydrogens (tertiary/aromatic N) is 1. The molecule has 0 bridgehead atoms. The second-order valence-corrected chi connectivity index (χ2v) is 3.76. The second kappa shape index (κ2) is 5.34. The maximum absolute atomic E-state index is 10.4. The van der Waals surface area contributed by atoms with Gasteiger partial charge < -0.3 is 14.9 Å². The Morgan fingerprint density at radius 3 is 1.92 bits per heavy atom. The van der Waals surface area contributed by atoms with Gasteiger partial charge in [0.05, 0.1) is 0 Å². The Hall–Kier alpha value is 0.580. The van der Waals surface area contributed by atoms with Gasteiger partial charge in [0.2, 0.25) is 0 Å². The van der Waals surface area contributed by atoms with Crippen molar-refractivity contribution < 1.29 is 24.3 Å². The topological polar surface area (TPSA) is 98.1 Å². The fourth-order valence-electron chi connectivity index (χ4n) is 0.385. The third-order valence-electron chi connectivity index (χ3n) is 1.33. The second-order valence-electron chi connectivity index (χ2n) is 2.10. The molecule has 0 radical (unpaired) electrons. The van der Waals surface area contributed by atoms with Crippen LogP contribution in [0.1, 0.15) is 6.92 Å². The van der Waals surface area contributed by atoms with Gasteiger partial charge in [-0.1, -0.05) is 0 Å². The average Bonchev–Trinajstić information content (AvgIpc) is 1.82. The summed E-state index contributed by atoms with van der Waals surface area (Å²) in [6.07, 6.45) is 0. The molecular formula is C4H11NNaO5P. The van der Waals surface area contributed by atoms with Gasteiger partial charge in [0, 0.05) is 0 Å². The fraction of sp³-hybridized carbons (Fsp3) is 0.750. The zero-order chi connectivity index (χ0) is 9.23. The zero-order valence-electron chi connectivity index (χ0n) is 6.13. The van der Waals surface area contributed by atoms with Crippen molar-refractivity contribution in [2.75, 3.05) is 7.05 Å². The SMILES string of the molecule is CC(C(=O)O)N(C)P(=O)(O)O.[NaH]. The summed E-state index contributed by atoms with van der Waals surface area (Å²) in [6, 6.07) is -1.18. The Balaban J connectivity index is 0. The number of carbonyl (C=O) groups is 1. The van der Waals surface area contributed by atoms with Crippen LogP contribution in [0.5, 0.6) is 0 Å². The number of carboxylic acid groups (broad SMARTS) is 1. The Morgan fingerprint density at radius 2 is 1.83 bits per heavy atom. The molecule has 68 valence electrons. The van der Waals surface area contributed by atoms with E-state index in [0.717, 1.165) is 7.05 Å². The van der Waals surface area contributed by atoms with E-state index in [1.54, 1.807) is 0 Å². The molecule has 0 aromatic rings. The molecule has 0 aromatic carbocycles. The van der Waals surface area contributed by atoms with Gasteiger partial charge in [-0.2, -0.15) is 4.67 Å². The minimum absolute atomic E-state index is 0. The molecule has 3 N–H and O–H groups in total. The number of likely N-dealkylation sites (N-methyl/N-ethyl adjacent to an activating group) is 1. The molecule has 0 spiro atoms. The van der Waals surface area contributed by atoms with E-state index in [9.17, 15) is 9.36 Å². The quantitative estimate of drug-likeness (QED) is 0.398. The zero-order valence-corrected chi connectivity index (χ0v) is 7.02. The van der Waals surface area contributed by atoms with Crippen molar-refractivity contribution in [1.29, 1.82) is 0 Å². The van der Waals surface area contributed by atoms with Crippen LogP contribution in [0.25, 0.3) is 0 Å². The normalized spacial score (nSPS) is 13.8. The summed E-state index contributed by atoms with van der Waals surface area (Å²) < 4.78 is 10.9. The predicted octanol–water partition coefficient (Wildman–Crippen LogP) is -1.16. The van der Waals surface area contributed by atoms with Gasteiger partial charge in [-0.3, -0.25) is 4.79 Å². The standard InChI is InChI=1S/C4H10NO5P.Na.H/c1-3(4(6)7)5(2)11(8,9)10;;/h3H,1-2H3,(H,6,7)(H2,8,9,10);;. The van der Waals surface area contributed by atoms with Crippen LogP contribution >= 0.6 is 7.75 Å². The van der Waals surface area contributed by atoms with Crippen molar-refractivity contribution in [1.82, 2.24) is 4.67 Å². The summed E-state index contributed by atoms with van der Waals surface area (Å²) in [5, 5.41) is 8.33. The van der Waals surface area contributed by atoms with Gasteiger partial charge in [0.25, 0.3) is 0 Å². The molecule has 0 amide bonds. The number of rotatable bonds is 3. The van der Waals surface area contributed by atoms with Gasteiger partial charge in [-0.05, 0) is 14.0 Å². The number of hydrogen-bond donors (Lipinski definition) is 3. The molecule has 0 aliphatic carbocycles. The van der Waals surface area contributed by atoms with Gasteiger partial charge >= 0.3 is 43.3 Å².